The Morgan fingerprint density at radius 1 is 1.17 bits per heavy atom. The molecule has 1 aliphatic heterocycles. The molecule has 1 fully saturated rings. The normalized spacial score (nSPS) is 18.8. The Bertz CT molecular complexity index is 1030. The summed E-state index contributed by atoms with van der Waals surface area (Å²) in [5, 5.41) is 1.20. The second-order valence-corrected chi connectivity index (χ2v) is 10.3. The highest BCUT2D eigenvalue weighted by Crippen LogP contribution is 2.31. The number of nitrogens with zero attached hydrogens (tertiary/aromatic N) is 3. The molecule has 1 atom stereocenters. The van der Waals surface area contributed by atoms with E-state index >= 15 is 0 Å². The molecule has 0 spiro atoms. The fourth-order valence-electron chi connectivity index (χ4n) is 3.65. The van der Waals surface area contributed by atoms with Gasteiger partial charge in [-0.3, -0.25) is 0 Å². The van der Waals surface area contributed by atoms with Crippen molar-refractivity contribution in [3.63, 3.8) is 0 Å². The maximum Gasteiger partial charge on any atom is 0.410 e. The predicted molar refractivity (Wildman–Crippen MR) is 114 cm³/mol. The van der Waals surface area contributed by atoms with Crippen molar-refractivity contribution in [2.45, 2.75) is 50.7 Å². The van der Waals surface area contributed by atoms with E-state index in [1.54, 1.807) is 29.2 Å². The fourth-order valence-corrected chi connectivity index (χ4v) is 5.52. The van der Waals surface area contributed by atoms with Crippen molar-refractivity contribution >= 4 is 26.9 Å². The summed E-state index contributed by atoms with van der Waals surface area (Å²) in [6.07, 6.45) is 1.64. The van der Waals surface area contributed by atoms with E-state index < -0.39 is 27.8 Å². The number of aromatic nitrogens is 1. The summed E-state index contributed by atoms with van der Waals surface area (Å²) >= 11 is 0. The average molecular weight is 436 g/mol. The summed E-state index contributed by atoms with van der Waals surface area (Å²) in [6, 6.07) is 6.36. The Morgan fingerprint density at radius 2 is 1.90 bits per heavy atom. The van der Waals surface area contributed by atoms with E-state index in [9.17, 15) is 13.2 Å². The molecule has 1 unspecified atom stereocenters. The Morgan fingerprint density at radius 3 is 2.57 bits per heavy atom. The van der Waals surface area contributed by atoms with Crippen LogP contribution in [0.25, 0.3) is 10.8 Å². The van der Waals surface area contributed by atoms with Crippen LogP contribution < -0.4 is 4.74 Å². The summed E-state index contributed by atoms with van der Waals surface area (Å²) in [5.41, 5.74) is -0.603. The van der Waals surface area contributed by atoms with Crippen LogP contribution in [0.2, 0.25) is 0 Å². The molecular formula is C21H29N3O5S. The van der Waals surface area contributed by atoms with Crippen LogP contribution in [0.15, 0.2) is 35.4 Å². The van der Waals surface area contributed by atoms with E-state index in [1.165, 1.54) is 17.6 Å². The highest BCUT2D eigenvalue weighted by atomic mass is 32.2. The van der Waals surface area contributed by atoms with Gasteiger partial charge in [0.2, 0.25) is 15.9 Å². The van der Waals surface area contributed by atoms with Gasteiger partial charge in [0.25, 0.3) is 0 Å². The molecule has 0 aliphatic carbocycles. The van der Waals surface area contributed by atoms with E-state index in [0.717, 1.165) is 0 Å². The number of carbonyl (C=O) groups excluding carboxylic acids is 1. The molecule has 2 heterocycles. The van der Waals surface area contributed by atoms with Gasteiger partial charge in [0.1, 0.15) is 5.60 Å². The lowest BCUT2D eigenvalue weighted by Gasteiger charge is -2.30. The van der Waals surface area contributed by atoms with E-state index in [0.29, 0.717) is 36.2 Å². The summed E-state index contributed by atoms with van der Waals surface area (Å²) < 4.78 is 39.4. The standard InChI is InChI=1S/C21H29N3O5S/c1-15-14-23(20(25)29-21(2,3)4)12-7-13-24(15)30(26,27)18-9-6-8-17-16(18)10-11-22-19(17)28-5/h6,8-11,15H,7,12-14H2,1-5H3. The molecule has 2 aromatic rings. The average Bonchev–Trinajstić information content (AvgIpc) is 2.87. The number of methoxy groups -OCH3 is 1. The monoisotopic (exact) mass is 435 g/mol. The minimum absolute atomic E-state index is 0.207. The Hall–Kier alpha value is -2.39. The van der Waals surface area contributed by atoms with Crippen molar-refractivity contribution in [3.8, 4) is 5.88 Å². The molecule has 0 N–H and O–H groups in total. The van der Waals surface area contributed by atoms with Gasteiger partial charge in [0.05, 0.1) is 12.0 Å². The minimum Gasteiger partial charge on any atom is -0.481 e. The number of fused-ring (bicyclic) bond motifs is 1. The van der Waals surface area contributed by atoms with Crippen LogP contribution in [0.4, 0.5) is 4.79 Å². The van der Waals surface area contributed by atoms with E-state index in [1.807, 2.05) is 27.7 Å². The number of hydrogen-bond acceptors (Lipinski definition) is 6. The quantitative estimate of drug-likeness (QED) is 0.735. The zero-order valence-electron chi connectivity index (χ0n) is 18.1. The topological polar surface area (TPSA) is 89.0 Å². The second-order valence-electron chi connectivity index (χ2n) is 8.42. The number of rotatable bonds is 3. The second kappa shape index (κ2) is 8.39. The maximum atomic E-state index is 13.6. The Kier molecular flexibility index (Phi) is 6.24. The number of benzene rings is 1. The number of pyridine rings is 1. The van der Waals surface area contributed by atoms with Crippen molar-refractivity contribution in [3.05, 3.63) is 30.5 Å². The first kappa shape index (κ1) is 22.3. The molecule has 9 heteroatoms. The molecule has 1 aromatic carbocycles. The Balaban J connectivity index is 1.92. The number of sulfonamides is 1. The van der Waals surface area contributed by atoms with Crippen LogP contribution in [0.3, 0.4) is 0 Å². The molecule has 3 rings (SSSR count). The largest absolute Gasteiger partial charge is 0.481 e. The minimum atomic E-state index is -3.80. The number of amides is 1. The van der Waals surface area contributed by atoms with Crippen molar-refractivity contribution in [1.82, 2.24) is 14.2 Å². The van der Waals surface area contributed by atoms with Crippen LogP contribution in [-0.4, -0.2) is 67.1 Å². The Labute approximate surface area is 177 Å². The molecule has 8 nitrogen and oxygen atoms in total. The van der Waals surface area contributed by atoms with Crippen LogP contribution in [0.1, 0.15) is 34.1 Å². The maximum absolute atomic E-state index is 13.6. The van der Waals surface area contributed by atoms with Gasteiger partial charge in [-0.25, -0.2) is 18.2 Å². The molecule has 0 saturated carbocycles. The van der Waals surface area contributed by atoms with Crippen molar-refractivity contribution in [2.75, 3.05) is 26.7 Å². The van der Waals surface area contributed by atoms with Gasteiger partial charge in [-0.2, -0.15) is 4.31 Å². The van der Waals surface area contributed by atoms with Gasteiger partial charge >= 0.3 is 6.09 Å². The molecule has 30 heavy (non-hydrogen) atoms. The van der Waals surface area contributed by atoms with Gasteiger partial charge < -0.3 is 14.4 Å². The van der Waals surface area contributed by atoms with Crippen LogP contribution in [-0.2, 0) is 14.8 Å². The molecule has 1 amide bonds. The first-order valence-electron chi connectivity index (χ1n) is 9.96. The van der Waals surface area contributed by atoms with Gasteiger partial charge in [-0.15, -0.1) is 0 Å². The van der Waals surface area contributed by atoms with Gasteiger partial charge in [0, 0.05) is 42.6 Å². The van der Waals surface area contributed by atoms with Gasteiger partial charge in [0.15, 0.2) is 0 Å². The van der Waals surface area contributed by atoms with E-state index in [2.05, 4.69) is 4.98 Å². The molecular weight excluding hydrogens is 406 g/mol. The summed E-state index contributed by atoms with van der Waals surface area (Å²) in [7, 11) is -2.29. The molecule has 1 saturated heterocycles. The zero-order valence-corrected chi connectivity index (χ0v) is 18.9. The van der Waals surface area contributed by atoms with Crippen molar-refractivity contribution in [2.24, 2.45) is 0 Å². The van der Waals surface area contributed by atoms with Crippen molar-refractivity contribution in [1.29, 1.82) is 0 Å². The lowest BCUT2D eigenvalue weighted by molar-refractivity contribution is 0.0244. The number of ether oxygens (including phenoxy) is 2. The van der Waals surface area contributed by atoms with Crippen molar-refractivity contribution < 1.29 is 22.7 Å². The van der Waals surface area contributed by atoms with Crippen LogP contribution >= 0.6 is 0 Å². The highest BCUT2D eigenvalue weighted by molar-refractivity contribution is 7.89. The predicted octanol–water partition coefficient (Wildman–Crippen LogP) is 3.26. The summed E-state index contributed by atoms with van der Waals surface area (Å²) in [5.74, 6) is 0.379. The summed E-state index contributed by atoms with van der Waals surface area (Å²) in [4.78, 5) is 18.5. The molecule has 164 valence electrons. The molecule has 1 aromatic heterocycles. The smallest absolute Gasteiger partial charge is 0.410 e. The fraction of sp³-hybridized carbons (Fsp3) is 0.524. The number of hydrogen-bond donors (Lipinski definition) is 0. The molecule has 0 radical (unpaired) electrons. The lowest BCUT2D eigenvalue weighted by Crippen LogP contribution is -2.45. The van der Waals surface area contributed by atoms with Gasteiger partial charge in [-0.05, 0) is 52.3 Å². The van der Waals surface area contributed by atoms with Crippen LogP contribution in [0, 0.1) is 0 Å². The third-order valence-corrected chi connectivity index (χ3v) is 7.02. The molecule has 1 aliphatic rings. The van der Waals surface area contributed by atoms with Gasteiger partial charge in [-0.1, -0.05) is 6.07 Å². The summed E-state index contributed by atoms with van der Waals surface area (Å²) in [6.45, 7) is 8.28. The third-order valence-electron chi connectivity index (χ3n) is 4.94. The zero-order chi connectivity index (χ0) is 22.1. The van der Waals surface area contributed by atoms with E-state index in [4.69, 9.17) is 9.47 Å². The lowest BCUT2D eigenvalue weighted by atomic mass is 10.2. The third kappa shape index (κ3) is 4.52. The van der Waals surface area contributed by atoms with E-state index in [-0.39, 0.29) is 11.4 Å². The molecule has 0 bridgehead atoms. The number of carbonyl (C=O) groups is 1. The first-order chi connectivity index (χ1) is 14.0. The highest BCUT2D eigenvalue weighted by Gasteiger charge is 2.35. The first-order valence-corrected chi connectivity index (χ1v) is 11.4. The SMILES string of the molecule is COc1nccc2c(S(=O)(=O)N3CCCN(C(=O)OC(C)(C)C)CC3C)cccc12. The van der Waals surface area contributed by atoms with Crippen LogP contribution in [0.5, 0.6) is 5.88 Å².